The molecule has 0 saturated carbocycles. The predicted molar refractivity (Wildman–Crippen MR) is 92.7 cm³/mol. The lowest BCUT2D eigenvalue weighted by atomic mass is 10.2. The average molecular weight is 335 g/mol. The fourth-order valence-corrected chi connectivity index (χ4v) is 3.46. The molecule has 2 aromatic heterocycles. The van der Waals surface area contributed by atoms with E-state index in [1.807, 2.05) is 51.8 Å². The maximum atomic E-state index is 12.3. The van der Waals surface area contributed by atoms with Crippen LogP contribution in [0.1, 0.15) is 40.5 Å². The summed E-state index contributed by atoms with van der Waals surface area (Å²) >= 11 is 1.65. The molecule has 1 N–H and O–H groups in total. The molecule has 0 aliphatic heterocycles. The summed E-state index contributed by atoms with van der Waals surface area (Å²) in [6.45, 7) is 9.48. The minimum absolute atomic E-state index is 0.0231. The smallest absolute Gasteiger partial charge is 0.317 e. The fourth-order valence-electron chi connectivity index (χ4n) is 2.44. The number of aromatic nitrogens is 3. The van der Waals surface area contributed by atoms with Gasteiger partial charge in [0, 0.05) is 31.2 Å². The van der Waals surface area contributed by atoms with Crippen LogP contribution in [-0.2, 0) is 6.54 Å². The first-order valence-electron chi connectivity index (χ1n) is 7.82. The van der Waals surface area contributed by atoms with Crippen LogP contribution in [0.25, 0.3) is 0 Å². The molecule has 0 fully saturated rings. The number of aryl methyl sites for hydroxylation is 4. The Bertz CT molecular complexity index is 663. The molecule has 0 aliphatic carbocycles. The molecule has 2 aromatic rings. The van der Waals surface area contributed by atoms with E-state index < -0.39 is 0 Å². The average Bonchev–Trinajstić information content (AvgIpc) is 3.07. The molecule has 0 radical (unpaired) electrons. The van der Waals surface area contributed by atoms with Gasteiger partial charge in [-0.2, -0.15) is 5.10 Å². The van der Waals surface area contributed by atoms with Crippen molar-refractivity contribution >= 4 is 17.4 Å². The van der Waals surface area contributed by atoms with Gasteiger partial charge in [-0.05, 0) is 39.7 Å². The minimum atomic E-state index is -0.0559. The molecule has 0 aliphatic rings. The summed E-state index contributed by atoms with van der Waals surface area (Å²) in [6, 6.07) is -0.0328. The van der Waals surface area contributed by atoms with E-state index in [2.05, 4.69) is 15.4 Å². The lowest BCUT2D eigenvalue weighted by molar-refractivity contribution is 0.194. The first-order chi connectivity index (χ1) is 10.9. The van der Waals surface area contributed by atoms with Crippen LogP contribution in [0.15, 0.2) is 12.4 Å². The highest BCUT2D eigenvalue weighted by Gasteiger charge is 2.21. The number of nitrogens with zero attached hydrogens (tertiary/aromatic N) is 4. The number of carbonyl (C=O) groups is 1. The number of carbonyl (C=O) groups excluding carboxylic acids is 1. The van der Waals surface area contributed by atoms with Gasteiger partial charge >= 0.3 is 6.03 Å². The van der Waals surface area contributed by atoms with Gasteiger partial charge in [-0.25, -0.2) is 9.78 Å². The van der Waals surface area contributed by atoms with E-state index in [4.69, 9.17) is 0 Å². The van der Waals surface area contributed by atoms with E-state index in [1.165, 1.54) is 0 Å². The molecule has 2 rings (SSSR count). The summed E-state index contributed by atoms with van der Waals surface area (Å²) in [7, 11) is 1.82. The van der Waals surface area contributed by atoms with Crippen LogP contribution in [-0.4, -0.2) is 39.3 Å². The quantitative estimate of drug-likeness (QED) is 0.825. The first kappa shape index (κ1) is 17.5. The first-order valence-corrected chi connectivity index (χ1v) is 8.63. The summed E-state index contributed by atoms with van der Waals surface area (Å²) in [6.07, 6.45) is 4.70. The van der Waals surface area contributed by atoms with E-state index >= 15 is 0 Å². The van der Waals surface area contributed by atoms with Crippen LogP contribution in [0.5, 0.6) is 0 Å². The van der Waals surface area contributed by atoms with Crippen LogP contribution in [0.3, 0.4) is 0 Å². The van der Waals surface area contributed by atoms with Crippen LogP contribution < -0.4 is 5.32 Å². The molecule has 7 heteroatoms. The van der Waals surface area contributed by atoms with E-state index in [-0.39, 0.29) is 12.1 Å². The van der Waals surface area contributed by atoms with Gasteiger partial charge in [0.1, 0.15) is 0 Å². The number of urea groups is 1. The van der Waals surface area contributed by atoms with Crippen LogP contribution in [0.2, 0.25) is 0 Å². The van der Waals surface area contributed by atoms with Crippen molar-refractivity contribution in [2.45, 2.75) is 46.7 Å². The Labute approximate surface area is 141 Å². The van der Waals surface area contributed by atoms with Crippen molar-refractivity contribution in [1.82, 2.24) is 25.0 Å². The third-order valence-electron chi connectivity index (χ3n) is 3.82. The summed E-state index contributed by atoms with van der Waals surface area (Å²) in [5, 5.41) is 8.24. The lowest BCUT2D eigenvalue weighted by Gasteiger charge is -2.24. The number of rotatable bonds is 6. The molecular weight excluding hydrogens is 310 g/mol. The van der Waals surface area contributed by atoms with E-state index in [0.29, 0.717) is 6.54 Å². The highest BCUT2D eigenvalue weighted by atomic mass is 32.1. The zero-order chi connectivity index (χ0) is 17.0. The summed E-state index contributed by atoms with van der Waals surface area (Å²) in [4.78, 5) is 19.6. The number of nitrogens with one attached hydrogen (secondary N) is 1. The molecule has 2 amide bonds. The van der Waals surface area contributed by atoms with E-state index in [0.717, 1.165) is 34.1 Å². The number of hydrogen-bond acceptors (Lipinski definition) is 4. The van der Waals surface area contributed by atoms with Crippen molar-refractivity contribution in [1.29, 1.82) is 0 Å². The molecule has 126 valence electrons. The third-order valence-corrected chi connectivity index (χ3v) is 5.07. The highest BCUT2D eigenvalue weighted by Crippen LogP contribution is 2.28. The standard InChI is InChI=1S/C16H25N5OS/c1-11-9-18-21(10-11)8-6-7-17-16(22)20(5)13(3)15-12(2)19-14(4)23-15/h9-10,13H,6-8H2,1-5H3,(H,17,22)/t13-/m0/s1. The molecule has 0 saturated heterocycles. The lowest BCUT2D eigenvalue weighted by Crippen LogP contribution is -2.39. The zero-order valence-electron chi connectivity index (χ0n) is 14.5. The summed E-state index contributed by atoms with van der Waals surface area (Å²) in [5.74, 6) is 0. The van der Waals surface area contributed by atoms with Crippen molar-refractivity contribution in [3.05, 3.63) is 33.5 Å². The minimum Gasteiger partial charge on any atom is -0.338 e. The van der Waals surface area contributed by atoms with Crippen molar-refractivity contribution in [2.24, 2.45) is 0 Å². The highest BCUT2D eigenvalue weighted by molar-refractivity contribution is 7.11. The number of hydrogen-bond donors (Lipinski definition) is 1. The Balaban J connectivity index is 1.79. The maximum absolute atomic E-state index is 12.3. The molecule has 2 heterocycles. The van der Waals surface area contributed by atoms with Gasteiger partial charge in [0.15, 0.2) is 0 Å². The van der Waals surface area contributed by atoms with Gasteiger partial charge in [0.2, 0.25) is 0 Å². The molecular formula is C16H25N5OS. The predicted octanol–water partition coefficient (Wildman–Crippen LogP) is 3.06. The Morgan fingerprint density at radius 2 is 2.17 bits per heavy atom. The van der Waals surface area contributed by atoms with Gasteiger partial charge in [-0.3, -0.25) is 4.68 Å². The summed E-state index contributed by atoms with van der Waals surface area (Å²) < 4.78 is 1.90. The molecule has 1 atom stereocenters. The molecule has 0 spiro atoms. The second kappa shape index (κ2) is 7.59. The Kier molecular flexibility index (Phi) is 5.76. The molecule has 0 bridgehead atoms. The van der Waals surface area contributed by atoms with E-state index in [9.17, 15) is 4.79 Å². The molecule has 6 nitrogen and oxygen atoms in total. The Hall–Kier alpha value is -1.89. The second-order valence-corrected chi connectivity index (χ2v) is 7.07. The molecule has 0 aromatic carbocycles. The van der Waals surface area contributed by atoms with Gasteiger partial charge in [0.25, 0.3) is 0 Å². The van der Waals surface area contributed by atoms with Gasteiger partial charge < -0.3 is 10.2 Å². The monoisotopic (exact) mass is 335 g/mol. The van der Waals surface area contributed by atoms with Gasteiger partial charge in [-0.15, -0.1) is 11.3 Å². The SMILES string of the molecule is Cc1cnn(CCCNC(=O)N(C)[C@@H](C)c2sc(C)nc2C)c1. The third kappa shape index (κ3) is 4.54. The zero-order valence-corrected chi connectivity index (χ0v) is 15.3. The van der Waals surface area contributed by atoms with Crippen molar-refractivity contribution in [2.75, 3.05) is 13.6 Å². The Morgan fingerprint density at radius 1 is 1.43 bits per heavy atom. The number of thiazole rings is 1. The molecule has 0 unspecified atom stereocenters. The van der Waals surface area contributed by atoms with Gasteiger partial charge in [0.05, 0.1) is 22.9 Å². The van der Waals surface area contributed by atoms with Crippen LogP contribution in [0, 0.1) is 20.8 Å². The van der Waals surface area contributed by atoms with Crippen LogP contribution >= 0.6 is 11.3 Å². The normalized spacial score (nSPS) is 12.2. The largest absolute Gasteiger partial charge is 0.338 e. The van der Waals surface area contributed by atoms with Crippen molar-refractivity contribution < 1.29 is 4.79 Å². The van der Waals surface area contributed by atoms with Crippen molar-refractivity contribution in [3.63, 3.8) is 0 Å². The Morgan fingerprint density at radius 3 is 2.74 bits per heavy atom. The van der Waals surface area contributed by atoms with Gasteiger partial charge in [-0.1, -0.05) is 0 Å². The summed E-state index contributed by atoms with van der Waals surface area (Å²) in [5.41, 5.74) is 2.16. The fraction of sp³-hybridized carbons (Fsp3) is 0.562. The maximum Gasteiger partial charge on any atom is 0.317 e. The molecule has 23 heavy (non-hydrogen) atoms. The van der Waals surface area contributed by atoms with Crippen LogP contribution in [0.4, 0.5) is 4.79 Å². The van der Waals surface area contributed by atoms with E-state index in [1.54, 1.807) is 16.2 Å². The van der Waals surface area contributed by atoms with Crippen molar-refractivity contribution in [3.8, 4) is 0 Å². The second-order valence-electron chi connectivity index (χ2n) is 5.84. The number of amides is 2. The topological polar surface area (TPSA) is 63.1 Å².